The number of likely N-dealkylation sites (tertiary alicyclic amines) is 1. The second-order valence-electron chi connectivity index (χ2n) is 8.39. The fourth-order valence-electron chi connectivity index (χ4n) is 4.30. The van der Waals surface area contributed by atoms with Crippen molar-refractivity contribution in [2.75, 3.05) is 20.8 Å². The van der Waals surface area contributed by atoms with Crippen molar-refractivity contribution in [3.05, 3.63) is 94.6 Å². The maximum atomic E-state index is 13.2. The number of nitrogens with zero attached hydrogens (tertiary/aromatic N) is 1. The van der Waals surface area contributed by atoms with E-state index in [9.17, 15) is 19.8 Å². The molecule has 7 heteroatoms. The number of ketones is 1. The van der Waals surface area contributed by atoms with Gasteiger partial charge in [-0.1, -0.05) is 48.0 Å². The summed E-state index contributed by atoms with van der Waals surface area (Å²) in [5.74, 6) is -0.546. The Labute approximate surface area is 203 Å². The van der Waals surface area contributed by atoms with Crippen molar-refractivity contribution in [1.82, 2.24) is 4.90 Å². The number of hydrogen-bond acceptors (Lipinski definition) is 6. The highest BCUT2D eigenvalue weighted by Gasteiger charge is 2.45. The first-order valence-electron chi connectivity index (χ1n) is 11.2. The highest BCUT2D eigenvalue weighted by Crippen LogP contribution is 2.40. The maximum Gasteiger partial charge on any atom is 0.295 e. The van der Waals surface area contributed by atoms with Crippen molar-refractivity contribution in [2.45, 2.75) is 19.4 Å². The highest BCUT2D eigenvalue weighted by molar-refractivity contribution is 6.46. The minimum Gasteiger partial charge on any atom is -0.508 e. The number of methoxy groups -OCH3 is 2. The van der Waals surface area contributed by atoms with E-state index in [0.29, 0.717) is 29.0 Å². The standard InChI is InChI=1S/C28H27NO6/c1-17-7-10-19(11-8-17)26(31)24-25(20-5-4-6-21(30)16-20)29(28(33)27(24)32)14-13-18-9-12-22(34-2)23(15-18)35-3/h4-12,15-16,25,30-31H,13-14H2,1-3H3/b26-24-. The Bertz CT molecular complexity index is 1300. The van der Waals surface area contributed by atoms with E-state index in [2.05, 4.69) is 0 Å². The molecule has 1 heterocycles. The number of carbonyl (C=O) groups is 2. The van der Waals surface area contributed by atoms with E-state index in [1.807, 2.05) is 31.2 Å². The summed E-state index contributed by atoms with van der Waals surface area (Å²) in [6.45, 7) is 2.13. The van der Waals surface area contributed by atoms with E-state index >= 15 is 0 Å². The number of amides is 1. The van der Waals surface area contributed by atoms with Gasteiger partial charge >= 0.3 is 0 Å². The zero-order valence-corrected chi connectivity index (χ0v) is 19.8. The lowest BCUT2D eigenvalue weighted by Crippen LogP contribution is -2.31. The molecule has 180 valence electrons. The van der Waals surface area contributed by atoms with Gasteiger partial charge in [0.15, 0.2) is 11.5 Å². The monoisotopic (exact) mass is 473 g/mol. The van der Waals surface area contributed by atoms with Crippen molar-refractivity contribution in [1.29, 1.82) is 0 Å². The molecule has 0 spiro atoms. The van der Waals surface area contributed by atoms with Gasteiger partial charge in [-0.15, -0.1) is 0 Å². The van der Waals surface area contributed by atoms with E-state index in [1.165, 1.54) is 17.0 Å². The molecule has 0 aromatic heterocycles. The lowest BCUT2D eigenvalue weighted by atomic mass is 9.94. The third kappa shape index (κ3) is 4.71. The fraction of sp³-hybridized carbons (Fsp3) is 0.214. The molecule has 1 fully saturated rings. The van der Waals surface area contributed by atoms with Gasteiger partial charge in [0.25, 0.3) is 11.7 Å². The van der Waals surface area contributed by atoms with E-state index in [0.717, 1.165) is 11.1 Å². The molecule has 2 N–H and O–H groups in total. The number of aryl methyl sites for hydroxylation is 1. The number of phenols is 1. The van der Waals surface area contributed by atoms with Crippen LogP contribution in [0.1, 0.15) is 28.3 Å². The average molecular weight is 474 g/mol. The topological polar surface area (TPSA) is 96.3 Å². The van der Waals surface area contributed by atoms with Crippen LogP contribution in [0.2, 0.25) is 0 Å². The number of aliphatic hydroxyl groups is 1. The summed E-state index contributed by atoms with van der Waals surface area (Å²) in [7, 11) is 3.10. The Balaban J connectivity index is 1.74. The highest BCUT2D eigenvalue weighted by atomic mass is 16.5. The number of aliphatic hydroxyl groups excluding tert-OH is 1. The Morgan fingerprint density at radius 3 is 2.31 bits per heavy atom. The SMILES string of the molecule is COc1ccc(CCN2C(=O)C(=O)/C(=C(\O)c3ccc(C)cc3)C2c2cccc(O)c2)cc1OC. The van der Waals surface area contributed by atoms with Crippen LogP contribution in [0.4, 0.5) is 0 Å². The van der Waals surface area contributed by atoms with Gasteiger partial charge in [-0.3, -0.25) is 9.59 Å². The van der Waals surface area contributed by atoms with Gasteiger partial charge in [0, 0.05) is 12.1 Å². The van der Waals surface area contributed by atoms with E-state index in [4.69, 9.17) is 9.47 Å². The Morgan fingerprint density at radius 1 is 0.943 bits per heavy atom. The van der Waals surface area contributed by atoms with Crippen molar-refractivity contribution < 1.29 is 29.3 Å². The summed E-state index contributed by atoms with van der Waals surface area (Å²) in [4.78, 5) is 27.7. The minimum atomic E-state index is -0.844. The van der Waals surface area contributed by atoms with Crippen LogP contribution >= 0.6 is 0 Å². The van der Waals surface area contributed by atoms with Crippen molar-refractivity contribution >= 4 is 17.4 Å². The van der Waals surface area contributed by atoms with Gasteiger partial charge in [-0.05, 0) is 48.7 Å². The van der Waals surface area contributed by atoms with Crippen molar-refractivity contribution in [3.63, 3.8) is 0 Å². The normalized spacial score (nSPS) is 17.0. The summed E-state index contributed by atoms with van der Waals surface area (Å²) in [6, 6.07) is 18.1. The molecule has 1 amide bonds. The van der Waals surface area contributed by atoms with Crippen LogP contribution in [0.25, 0.3) is 5.76 Å². The molecule has 1 atom stereocenters. The molecular weight excluding hydrogens is 446 g/mol. The second kappa shape index (κ2) is 9.93. The van der Waals surface area contributed by atoms with Crippen LogP contribution in [-0.2, 0) is 16.0 Å². The first kappa shape index (κ1) is 23.9. The Morgan fingerprint density at radius 2 is 1.66 bits per heavy atom. The zero-order valence-electron chi connectivity index (χ0n) is 19.8. The summed E-state index contributed by atoms with van der Waals surface area (Å²) < 4.78 is 10.7. The Hall–Kier alpha value is -4.26. The quantitative estimate of drug-likeness (QED) is 0.300. The molecule has 1 unspecified atom stereocenters. The van der Waals surface area contributed by atoms with Crippen LogP contribution in [-0.4, -0.2) is 47.6 Å². The van der Waals surface area contributed by atoms with Crippen LogP contribution < -0.4 is 9.47 Å². The smallest absolute Gasteiger partial charge is 0.295 e. The third-order valence-electron chi connectivity index (χ3n) is 6.14. The van der Waals surface area contributed by atoms with Gasteiger partial charge in [-0.2, -0.15) is 0 Å². The molecule has 1 aliphatic rings. The number of carbonyl (C=O) groups excluding carboxylic acids is 2. The summed E-state index contributed by atoms with van der Waals surface area (Å²) in [6.07, 6.45) is 0.438. The fourth-order valence-corrected chi connectivity index (χ4v) is 4.30. The van der Waals surface area contributed by atoms with Gasteiger partial charge in [0.2, 0.25) is 0 Å². The van der Waals surface area contributed by atoms with E-state index in [1.54, 1.807) is 44.6 Å². The molecule has 7 nitrogen and oxygen atoms in total. The summed E-state index contributed by atoms with van der Waals surface area (Å²) in [5.41, 5.74) is 2.86. The molecule has 0 bridgehead atoms. The molecule has 3 aromatic carbocycles. The van der Waals surface area contributed by atoms with Gasteiger partial charge in [0.05, 0.1) is 25.8 Å². The molecule has 3 aromatic rings. The van der Waals surface area contributed by atoms with E-state index < -0.39 is 17.7 Å². The molecule has 4 rings (SSSR count). The molecule has 1 aliphatic heterocycles. The van der Waals surface area contributed by atoms with Crippen LogP contribution in [0.15, 0.2) is 72.3 Å². The van der Waals surface area contributed by atoms with Crippen LogP contribution in [0.5, 0.6) is 17.2 Å². The first-order valence-corrected chi connectivity index (χ1v) is 11.2. The molecule has 0 saturated carbocycles. The summed E-state index contributed by atoms with van der Waals surface area (Å²) >= 11 is 0. The number of hydrogen-bond donors (Lipinski definition) is 2. The molecule has 35 heavy (non-hydrogen) atoms. The number of Topliss-reactive ketones (excluding diaryl/α,β-unsaturated/α-hetero) is 1. The lowest BCUT2D eigenvalue weighted by molar-refractivity contribution is -0.139. The zero-order chi connectivity index (χ0) is 25.1. The van der Waals surface area contributed by atoms with Crippen LogP contribution in [0.3, 0.4) is 0 Å². The lowest BCUT2D eigenvalue weighted by Gasteiger charge is -2.25. The Kier molecular flexibility index (Phi) is 6.78. The molecular formula is C28H27NO6. The number of ether oxygens (including phenoxy) is 2. The second-order valence-corrected chi connectivity index (χ2v) is 8.39. The third-order valence-corrected chi connectivity index (χ3v) is 6.14. The molecule has 0 radical (unpaired) electrons. The van der Waals surface area contributed by atoms with E-state index in [-0.39, 0.29) is 23.6 Å². The maximum absolute atomic E-state index is 13.2. The van der Waals surface area contributed by atoms with Crippen molar-refractivity contribution in [2.24, 2.45) is 0 Å². The molecule has 1 saturated heterocycles. The van der Waals surface area contributed by atoms with Gasteiger partial charge < -0.3 is 24.6 Å². The van der Waals surface area contributed by atoms with Gasteiger partial charge in [0.1, 0.15) is 11.5 Å². The van der Waals surface area contributed by atoms with Crippen LogP contribution in [0, 0.1) is 6.92 Å². The predicted octanol–water partition coefficient (Wildman–Crippen LogP) is 4.38. The minimum absolute atomic E-state index is 0.00300. The van der Waals surface area contributed by atoms with Gasteiger partial charge in [-0.25, -0.2) is 0 Å². The predicted molar refractivity (Wildman–Crippen MR) is 132 cm³/mol. The number of phenolic OH excluding ortho intramolecular Hbond substituents is 1. The number of aromatic hydroxyl groups is 1. The number of rotatable bonds is 7. The number of benzene rings is 3. The largest absolute Gasteiger partial charge is 0.508 e. The first-order chi connectivity index (χ1) is 16.8. The average Bonchev–Trinajstić information content (AvgIpc) is 3.12. The molecule has 0 aliphatic carbocycles. The summed E-state index contributed by atoms with van der Waals surface area (Å²) in [5, 5.41) is 21.2. The van der Waals surface area contributed by atoms with Crippen molar-refractivity contribution in [3.8, 4) is 17.2 Å².